The third-order valence-electron chi connectivity index (χ3n) is 3.68. The lowest BCUT2D eigenvalue weighted by atomic mass is 10.2. The van der Waals surface area contributed by atoms with Gasteiger partial charge in [-0.3, -0.25) is 4.79 Å². The van der Waals surface area contributed by atoms with Gasteiger partial charge < -0.3 is 9.73 Å². The van der Waals surface area contributed by atoms with Crippen LogP contribution in [0.4, 0.5) is 5.69 Å². The Morgan fingerprint density at radius 3 is 2.37 bits per heavy atom. The van der Waals surface area contributed by atoms with Crippen molar-refractivity contribution in [2.75, 3.05) is 5.32 Å². The maximum Gasteiger partial charge on any atom is 0.248 e. The number of amides is 1. The van der Waals surface area contributed by atoms with E-state index in [1.165, 1.54) is 24.5 Å². The largest absolute Gasteiger partial charge is 0.468 e. The summed E-state index contributed by atoms with van der Waals surface area (Å²) in [6.07, 6.45) is 4.50. The van der Waals surface area contributed by atoms with E-state index in [-0.39, 0.29) is 17.3 Å². The first-order valence-corrected chi connectivity index (χ1v) is 9.67. The minimum atomic E-state index is -3.64. The van der Waals surface area contributed by atoms with Gasteiger partial charge in [0.05, 0.1) is 17.7 Å². The van der Waals surface area contributed by atoms with Crippen molar-refractivity contribution < 1.29 is 17.6 Å². The zero-order valence-corrected chi connectivity index (χ0v) is 15.1. The second kappa shape index (κ2) is 8.48. The number of para-hydroxylation sites is 1. The summed E-state index contributed by atoms with van der Waals surface area (Å²) in [5.74, 6) is 0.264. The molecule has 2 N–H and O–H groups in total. The molecule has 0 fully saturated rings. The molecule has 2 aromatic carbocycles. The van der Waals surface area contributed by atoms with E-state index in [0.717, 1.165) is 0 Å². The number of rotatable bonds is 7. The zero-order valence-electron chi connectivity index (χ0n) is 14.3. The average molecular weight is 382 g/mol. The fourth-order valence-electron chi connectivity index (χ4n) is 2.30. The van der Waals surface area contributed by atoms with Crippen molar-refractivity contribution in [2.24, 2.45) is 0 Å². The predicted molar refractivity (Wildman–Crippen MR) is 103 cm³/mol. The molecule has 0 aliphatic heterocycles. The molecule has 6 nitrogen and oxygen atoms in total. The highest BCUT2D eigenvalue weighted by Gasteiger charge is 2.13. The van der Waals surface area contributed by atoms with Gasteiger partial charge in [-0.2, -0.15) is 0 Å². The Kier molecular flexibility index (Phi) is 5.85. The molecule has 0 unspecified atom stereocenters. The van der Waals surface area contributed by atoms with Crippen LogP contribution in [0.1, 0.15) is 11.3 Å². The van der Waals surface area contributed by atoms with E-state index < -0.39 is 10.0 Å². The number of carbonyl (C=O) groups is 1. The van der Waals surface area contributed by atoms with Gasteiger partial charge in [0.25, 0.3) is 0 Å². The van der Waals surface area contributed by atoms with E-state index in [1.54, 1.807) is 42.5 Å². The monoisotopic (exact) mass is 382 g/mol. The summed E-state index contributed by atoms with van der Waals surface area (Å²) in [4.78, 5) is 12.0. The van der Waals surface area contributed by atoms with Crippen LogP contribution in [0.3, 0.4) is 0 Å². The maximum atomic E-state index is 12.3. The van der Waals surface area contributed by atoms with Gasteiger partial charge in [0, 0.05) is 11.8 Å². The number of sulfonamides is 1. The summed E-state index contributed by atoms with van der Waals surface area (Å²) in [7, 11) is -3.64. The van der Waals surface area contributed by atoms with Crippen LogP contribution in [0.5, 0.6) is 0 Å². The molecule has 0 bridgehead atoms. The average Bonchev–Trinajstić information content (AvgIpc) is 3.20. The van der Waals surface area contributed by atoms with Crippen molar-refractivity contribution in [1.29, 1.82) is 0 Å². The second-order valence-electron chi connectivity index (χ2n) is 5.66. The van der Waals surface area contributed by atoms with E-state index >= 15 is 0 Å². The van der Waals surface area contributed by atoms with Crippen LogP contribution in [0.25, 0.3) is 6.08 Å². The molecule has 0 saturated carbocycles. The van der Waals surface area contributed by atoms with Crippen LogP contribution in [0.15, 0.2) is 88.4 Å². The maximum absolute atomic E-state index is 12.3. The van der Waals surface area contributed by atoms with Crippen molar-refractivity contribution in [1.82, 2.24) is 4.72 Å². The molecule has 0 saturated heterocycles. The van der Waals surface area contributed by atoms with Gasteiger partial charge in [0.2, 0.25) is 15.9 Å². The summed E-state index contributed by atoms with van der Waals surface area (Å²) < 4.78 is 32.1. The molecule has 1 heterocycles. The summed E-state index contributed by atoms with van der Waals surface area (Å²) in [6, 6.07) is 18.7. The molecule has 3 rings (SSSR count). The lowest BCUT2D eigenvalue weighted by Crippen LogP contribution is -2.22. The molecule has 3 aromatic rings. The first kappa shape index (κ1) is 18.6. The number of nitrogens with one attached hydrogen (secondary N) is 2. The lowest BCUT2D eigenvalue weighted by Gasteiger charge is -2.05. The van der Waals surface area contributed by atoms with Crippen LogP contribution in [0.2, 0.25) is 0 Å². The highest BCUT2D eigenvalue weighted by Crippen LogP contribution is 2.13. The van der Waals surface area contributed by atoms with E-state index in [1.807, 2.05) is 18.2 Å². The number of furan rings is 1. The van der Waals surface area contributed by atoms with Crippen molar-refractivity contribution in [3.8, 4) is 0 Å². The molecule has 0 atom stereocenters. The van der Waals surface area contributed by atoms with Crippen molar-refractivity contribution in [3.63, 3.8) is 0 Å². The SMILES string of the molecule is O=C(/C=C/c1ccc(S(=O)(=O)NCc2ccco2)cc1)Nc1ccccc1. The third-order valence-corrected chi connectivity index (χ3v) is 5.09. The molecular weight excluding hydrogens is 364 g/mol. The molecule has 7 heteroatoms. The summed E-state index contributed by atoms with van der Waals surface area (Å²) in [5, 5.41) is 2.74. The summed E-state index contributed by atoms with van der Waals surface area (Å²) >= 11 is 0. The lowest BCUT2D eigenvalue weighted by molar-refractivity contribution is -0.111. The van der Waals surface area contributed by atoms with E-state index in [9.17, 15) is 13.2 Å². The Morgan fingerprint density at radius 2 is 1.70 bits per heavy atom. The van der Waals surface area contributed by atoms with Gasteiger partial charge >= 0.3 is 0 Å². The zero-order chi connectivity index (χ0) is 19.1. The highest BCUT2D eigenvalue weighted by atomic mass is 32.2. The standard InChI is InChI=1S/C20H18N2O4S/c23-20(22-17-5-2-1-3-6-17)13-10-16-8-11-19(12-9-16)27(24,25)21-15-18-7-4-14-26-18/h1-14,21H,15H2,(H,22,23)/b13-10+. The summed E-state index contributed by atoms with van der Waals surface area (Å²) in [5.41, 5.74) is 1.42. The Labute approximate surface area is 157 Å². The second-order valence-corrected chi connectivity index (χ2v) is 7.43. The van der Waals surface area contributed by atoms with Gasteiger partial charge in [-0.25, -0.2) is 13.1 Å². The van der Waals surface area contributed by atoms with Gasteiger partial charge in [-0.05, 0) is 48.0 Å². The van der Waals surface area contributed by atoms with Crippen LogP contribution < -0.4 is 10.0 Å². The third kappa shape index (κ3) is 5.40. The number of hydrogen-bond acceptors (Lipinski definition) is 4. The summed E-state index contributed by atoms with van der Waals surface area (Å²) in [6.45, 7) is 0.0800. The Morgan fingerprint density at radius 1 is 0.963 bits per heavy atom. The van der Waals surface area contributed by atoms with E-state index in [4.69, 9.17) is 4.42 Å². The number of hydrogen-bond donors (Lipinski definition) is 2. The van der Waals surface area contributed by atoms with Crippen molar-refractivity contribution >= 4 is 27.7 Å². The molecule has 1 aromatic heterocycles. The quantitative estimate of drug-likeness (QED) is 0.613. The molecule has 138 valence electrons. The van der Waals surface area contributed by atoms with Gasteiger partial charge in [0.15, 0.2) is 0 Å². The molecular formula is C20H18N2O4S. The number of anilines is 1. The van der Waals surface area contributed by atoms with Crippen molar-refractivity contribution in [3.05, 3.63) is 90.4 Å². The molecule has 0 radical (unpaired) electrons. The van der Waals surface area contributed by atoms with Gasteiger partial charge in [0.1, 0.15) is 5.76 Å². The topological polar surface area (TPSA) is 88.4 Å². The fraction of sp³-hybridized carbons (Fsp3) is 0.0500. The minimum Gasteiger partial charge on any atom is -0.468 e. The van der Waals surface area contributed by atoms with Crippen LogP contribution in [-0.4, -0.2) is 14.3 Å². The highest BCUT2D eigenvalue weighted by molar-refractivity contribution is 7.89. The normalized spacial score (nSPS) is 11.6. The molecule has 0 aliphatic carbocycles. The first-order chi connectivity index (χ1) is 13.0. The van der Waals surface area contributed by atoms with Crippen LogP contribution in [0, 0.1) is 0 Å². The smallest absolute Gasteiger partial charge is 0.248 e. The minimum absolute atomic E-state index is 0.0800. The van der Waals surface area contributed by atoms with Crippen LogP contribution in [-0.2, 0) is 21.4 Å². The van der Waals surface area contributed by atoms with Gasteiger partial charge in [-0.1, -0.05) is 30.3 Å². The van der Waals surface area contributed by atoms with Crippen LogP contribution >= 0.6 is 0 Å². The number of carbonyl (C=O) groups excluding carboxylic acids is 1. The van der Waals surface area contributed by atoms with Crippen molar-refractivity contribution in [2.45, 2.75) is 11.4 Å². The number of benzene rings is 2. The molecule has 1 amide bonds. The van der Waals surface area contributed by atoms with E-state index in [2.05, 4.69) is 10.0 Å². The van der Waals surface area contributed by atoms with Gasteiger partial charge in [-0.15, -0.1) is 0 Å². The molecule has 0 aliphatic rings. The Hall–Kier alpha value is -3.16. The Bertz CT molecular complexity index is 1010. The van der Waals surface area contributed by atoms with E-state index in [0.29, 0.717) is 17.0 Å². The Balaban J connectivity index is 1.60. The fourth-order valence-corrected chi connectivity index (χ4v) is 3.29. The molecule has 0 spiro atoms. The molecule has 27 heavy (non-hydrogen) atoms. The first-order valence-electron chi connectivity index (χ1n) is 8.19. The predicted octanol–water partition coefficient (Wildman–Crippen LogP) is 3.41.